The van der Waals surface area contributed by atoms with Gasteiger partial charge in [-0.3, -0.25) is 0 Å². The Kier molecular flexibility index (Phi) is 8.20. The van der Waals surface area contributed by atoms with E-state index in [2.05, 4.69) is 27.9 Å². The third-order valence-corrected chi connectivity index (χ3v) is 1.97. The maximum absolute atomic E-state index is 9.75. The van der Waals surface area contributed by atoms with Gasteiger partial charge in [-0.2, -0.15) is 0 Å². The first kappa shape index (κ1) is 16.2. The molecule has 1 nitrogen and oxygen atoms in total. The second-order valence-electron chi connectivity index (χ2n) is 3.82. The van der Waals surface area contributed by atoms with E-state index in [9.17, 15) is 17.3 Å². The highest BCUT2D eigenvalue weighted by atomic mass is 19.5. The highest BCUT2D eigenvalue weighted by Crippen LogP contribution is 2.06. The van der Waals surface area contributed by atoms with Crippen LogP contribution in [-0.4, -0.2) is 38.9 Å². The number of unbranched alkanes of at least 4 members (excludes halogenated alkanes) is 1. The number of hydrogen-bond donors (Lipinski definition) is 0. The molecule has 0 aromatic heterocycles. The first-order valence-electron chi connectivity index (χ1n) is 4.81. The minimum absolute atomic E-state index is 0. The fourth-order valence-electron chi connectivity index (χ4n) is 0.744. The molecule has 0 aromatic carbocycles. The van der Waals surface area contributed by atoms with Crippen LogP contribution in [0.2, 0.25) is 0 Å². The highest BCUT2D eigenvalue weighted by molar-refractivity contribution is 6.50. The van der Waals surface area contributed by atoms with E-state index in [4.69, 9.17) is 0 Å². The summed E-state index contributed by atoms with van der Waals surface area (Å²) in [5.41, 5.74) is 0. The van der Waals surface area contributed by atoms with Crippen LogP contribution in [0.4, 0.5) is 17.3 Å². The Morgan fingerprint density at radius 1 is 1.07 bits per heavy atom. The molecular formula is C8H21BF4N+. The van der Waals surface area contributed by atoms with Gasteiger partial charge in [0.1, 0.15) is 0 Å². The van der Waals surface area contributed by atoms with Crippen molar-refractivity contribution in [3.8, 4) is 0 Å². The highest BCUT2D eigenvalue weighted by Gasteiger charge is 2.20. The second kappa shape index (κ2) is 7.09. The summed E-state index contributed by atoms with van der Waals surface area (Å²) in [6.07, 6.45) is 2.68. The molecule has 0 fully saturated rings. The summed E-state index contributed by atoms with van der Waals surface area (Å²) in [6, 6.07) is 0. The number of quaternary nitrogens is 1. The summed E-state index contributed by atoms with van der Waals surface area (Å²) in [5, 5.41) is 0. The van der Waals surface area contributed by atoms with E-state index in [1.54, 1.807) is 0 Å². The summed E-state index contributed by atoms with van der Waals surface area (Å²) in [7, 11) is -1.43. The van der Waals surface area contributed by atoms with Gasteiger partial charge in [0.2, 0.25) is 0 Å². The lowest BCUT2D eigenvalue weighted by Crippen LogP contribution is -2.39. The largest absolute Gasteiger partial charge is 1.00 e. The zero-order chi connectivity index (χ0) is 11.8. The predicted molar refractivity (Wildman–Crippen MR) is 53.7 cm³/mol. The zero-order valence-corrected chi connectivity index (χ0v) is 9.36. The van der Waals surface area contributed by atoms with Gasteiger partial charge in [-0.05, 0) is 13.3 Å². The van der Waals surface area contributed by atoms with Gasteiger partial charge in [0.05, 0.1) is 27.2 Å². The second-order valence-corrected chi connectivity index (χ2v) is 3.82. The lowest BCUT2D eigenvalue weighted by Gasteiger charge is -2.27. The molecule has 0 N–H and O–H groups in total. The molecule has 0 saturated heterocycles. The zero-order valence-electron chi connectivity index (χ0n) is 10.4. The molecule has 0 aliphatic heterocycles. The Labute approximate surface area is 85.3 Å². The lowest BCUT2D eigenvalue weighted by atomic mass is 10.3. The third kappa shape index (κ3) is 22.6. The Morgan fingerprint density at radius 2 is 1.43 bits per heavy atom. The van der Waals surface area contributed by atoms with E-state index < -0.39 is 7.25 Å². The van der Waals surface area contributed by atoms with Crippen molar-refractivity contribution in [2.24, 2.45) is 0 Å². The molecule has 0 atom stereocenters. The molecule has 0 unspecified atom stereocenters. The molecule has 6 heteroatoms. The summed E-state index contributed by atoms with van der Waals surface area (Å²) in [4.78, 5) is 0. The normalized spacial score (nSPS) is 12.0. The van der Waals surface area contributed by atoms with E-state index in [1.807, 2.05) is 0 Å². The number of hydrogen-bond acceptors (Lipinski definition) is 0. The van der Waals surface area contributed by atoms with Gasteiger partial charge in [-0.1, -0.05) is 13.3 Å². The van der Waals surface area contributed by atoms with Crippen LogP contribution in [0.1, 0.15) is 28.1 Å². The number of nitrogens with zero attached hydrogens (tertiary/aromatic N) is 1. The predicted octanol–water partition coefficient (Wildman–Crippen LogP) is 3.30. The van der Waals surface area contributed by atoms with Crippen LogP contribution in [0, 0.1) is 0 Å². The van der Waals surface area contributed by atoms with Gasteiger partial charge < -0.3 is 21.7 Å². The van der Waals surface area contributed by atoms with Crippen molar-refractivity contribution in [2.75, 3.05) is 27.2 Å². The molecule has 0 saturated carbocycles. The van der Waals surface area contributed by atoms with E-state index in [0.29, 0.717) is 0 Å². The van der Waals surface area contributed by atoms with Crippen molar-refractivity contribution in [3.05, 3.63) is 0 Å². The van der Waals surface area contributed by atoms with Crippen LogP contribution in [-0.2, 0) is 0 Å². The Hall–Kier alpha value is -0.255. The first-order valence-corrected chi connectivity index (χ1v) is 4.81. The molecule has 0 spiro atoms. The third-order valence-electron chi connectivity index (χ3n) is 1.97. The van der Waals surface area contributed by atoms with Crippen molar-refractivity contribution in [1.29, 1.82) is 0 Å². The number of rotatable bonds is 4. The van der Waals surface area contributed by atoms with Crippen molar-refractivity contribution in [3.63, 3.8) is 0 Å². The van der Waals surface area contributed by atoms with Crippen LogP contribution < -0.4 is 0 Å². The van der Waals surface area contributed by atoms with Crippen LogP contribution >= 0.6 is 0 Å². The SMILES string of the molecule is CCCC[N+](C)(C)CC.F[B-](F)(F)F.[H+]. The van der Waals surface area contributed by atoms with Crippen molar-refractivity contribution < 1.29 is 23.2 Å². The summed E-state index contributed by atoms with van der Waals surface area (Å²) in [6.45, 7) is 7.07. The molecule has 0 aliphatic carbocycles. The van der Waals surface area contributed by atoms with Crippen LogP contribution in [0.25, 0.3) is 0 Å². The molecular weight excluding hydrogens is 197 g/mol. The molecule has 0 aliphatic rings. The summed E-state index contributed by atoms with van der Waals surface area (Å²) in [5.74, 6) is 0. The lowest BCUT2D eigenvalue weighted by molar-refractivity contribution is -0.888. The van der Waals surface area contributed by atoms with Gasteiger partial charge in [0.15, 0.2) is 0 Å². The van der Waals surface area contributed by atoms with E-state index in [-0.39, 0.29) is 1.43 Å². The molecule has 0 heterocycles. The topological polar surface area (TPSA) is 0 Å². The van der Waals surface area contributed by atoms with E-state index in [1.165, 1.54) is 30.4 Å². The molecule has 0 aromatic rings. The minimum atomic E-state index is -6.00. The van der Waals surface area contributed by atoms with Crippen molar-refractivity contribution in [1.82, 2.24) is 0 Å². The van der Waals surface area contributed by atoms with Crippen molar-refractivity contribution in [2.45, 2.75) is 26.7 Å². The monoisotopic (exact) mass is 218 g/mol. The smallest absolute Gasteiger partial charge is 0.418 e. The fourth-order valence-corrected chi connectivity index (χ4v) is 0.744. The average molecular weight is 218 g/mol. The van der Waals surface area contributed by atoms with Gasteiger partial charge >= 0.3 is 8.68 Å². The van der Waals surface area contributed by atoms with Gasteiger partial charge in [0.25, 0.3) is 0 Å². The van der Waals surface area contributed by atoms with Gasteiger partial charge in [-0.15, -0.1) is 0 Å². The maximum atomic E-state index is 9.75. The standard InChI is InChI=1S/C8H20N.BF4/c1-5-7-8-9(3,4)6-2;2-1(3,4)5/h5-8H2,1-4H3;/q+1;-1/p+1. The first-order chi connectivity index (χ1) is 6.12. The van der Waals surface area contributed by atoms with Gasteiger partial charge in [0, 0.05) is 0 Å². The Bertz CT molecular complexity index is 135. The maximum Gasteiger partial charge on any atom is 1.00 e. The van der Waals surface area contributed by atoms with Crippen LogP contribution in [0.3, 0.4) is 0 Å². The average Bonchev–Trinajstić information content (AvgIpc) is 1.98. The van der Waals surface area contributed by atoms with E-state index in [0.717, 1.165) is 0 Å². The summed E-state index contributed by atoms with van der Waals surface area (Å²) >= 11 is 0. The summed E-state index contributed by atoms with van der Waals surface area (Å²) < 4.78 is 40.2. The van der Waals surface area contributed by atoms with Crippen LogP contribution in [0.5, 0.6) is 0 Å². The van der Waals surface area contributed by atoms with E-state index >= 15 is 0 Å². The Morgan fingerprint density at radius 3 is 1.64 bits per heavy atom. The molecule has 0 bridgehead atoms. The molecule has 0 amide bonds. The van der Waals surface area contributed by atoms with Crippen LogP contribution in [0.15, 0.2) is 0 Å². The van der Waals surface area contributed by atoms with Gasteiger partial charge in [-0.25, -0.2) is 0 Å². The molecule has 14 heavy (non-hydrogen) atoms. The minimum Gasteiger partial charge on any atom is -0.418 e. The molecule has 0 rings (SSSR count). The Balaban J connectivity index is -0.000000208. The number of halogens is 4. The fraction of sp³-hybridized carbons (Fsp3) is 1.00. The molecule has 88 valence electrons. The quantitative estimate of drug-likeness (QED) is 0.385. The van der Waals surface area contributed by atoms with Crippen molar-refractivity contribution >= 4 is 7.25 Å². The molecule has 0 radical (unpaired) electrons.